The Bertz CT molecular complexity index is 469. The lowest BCUT2D eigenvalue weighted by Crippen LogP contribution is -2.14. The fraction of sp³-hybridized carbons (Fsp3) is 0.312. The minimum atomic E-state index is 0.565. The number of hydrazone groups is 1. The van der Waals surface area contributed by atoms with Crippen molar-refractivity contribution in [1.29, 1.82) is 0 Å². The average molecular weight is 274 g/mol. The molecule has 20 heavy (non-hydrogen) atoms. The van der Waals surface area contributed by atoms with E-state index in [0.29, 0.717) is 19.1 Å². The Hall–Kier alpha value is -2.23. The van der Waals surface area contributed by atoms with Crippen molar-refractivity contribution in [2.75, 3.05) is 20.3 Å². The molecule has 0 aliphatic heterocycles. The summed E-state index contributed by atoms with van der Waals surface area (Å²) in [5.41, 5.74) is 0.998. The van der Waals surface area contributed by atoms with Crippen LogP contribution >= 0.6 is 0 Å². The van der Waals surface area contributed by atoms with Gasteiger partial charge in [0.25, 0.3) is 0 Å². The smallest absolute Gasteiger partial charge is 0.205 e. The predicted octanol–water partition coefficient (Wildman–Crippen LogP) is 3.52. The Morgan fingerprint density at radius 1 is 1.35 bits per heavy atom. The molecule has 0 aromatic heterocycles. The molecule has 1 rings (SSSR count). The number of hydrogen-bond donors (Lipinski definition) is 0. The van der Waals surface area contributed by atoms with Crippen LogP contribution in [0.4, 0.5) is 0 Å². The zero-order chi connectivity index (χ0) is 14.8. The van der Waals surface area contributed by atoms with Crippen molar-refractivity contribution in [3.63, 3.8) is 0 Å². The maximum atomic E-state index is 5.71. The van der Waals surface area contributed by atoms with Gasteiger partial charge in [0.2, 0.25) is 5.88 Å². The molecule has 0 unspecified atom stereocenters. The van der Waals surface area contributed by atoms with Gasteiger partial charge in [0.1, 0.15) is 5.75 Å². The molecular formula is C16H22N2O2. The molecule has 4 nitrogen and oxygen atoms in total. The number of ether oxygens (including phenoxy) is 2. The fourth-order valence-corrected chi connectivity index (χ4v) is 1.63. The van der Waals surface area contributed by atoms with Crippen molar-refractivity contribution >= 4 is 12.8 Å². The quantitative estimate of drug-likeness (QED) is 0.299. The fourth-order valence-electron chi connectivity index (χ4n) is 1.63. The van der Waals surface area contributed by atoms with Crippen LogP contribution in [0.5, 0.6) is 5.75 Å². The molecule has 0 N–H and O–H groups in total. The SMILES string of the molecule is C=Cc1ccccc1OCCCO/C(=C/C)N(C)N=C. The number of para-hydroxylation sites is 1. The van der Waals surface area contributed by atoms with Gasteiger partial charge in [-0.1, -0.05) is 30.9 Å². The van der Waals surface area contributed by atoms with Crippen LogP contribution in [0.1, 0.15) is 18.9 Å². The standard InChI is InChI=1S/C16H22N2O2/c1-5-14-10-7-8-11-15(14)19-12-9-13-20-16(6-2)18(4)17-3/h5-8,10-11H,1,3,9,12-13H2,2,4H3/b16-6+. The van der Waals surface area contributed by atoms with Gasteiger partial charge < -0.3 is 9.47 Å². The van der Waals surface area contributed by atoms with Gasteiger partial charge in [-0.15, -0.1) is 0 Å². The van der Waals surface area contributed by atoms with Gasteiger partial charge in [0.05, 0.1) is 13.2 Å². The number of hydrogen-bond acceptors (Lipinski definition) is 4. The van der Waals surface area contributed by atoms with E-state index < -0.39 is 0 Å². The lowest BCUT2D eigenvalue weighted by Gasteiger charge is -2.17. The van der Waals surface area contributed by atoms with Crippen LogP contribution in [0.3, 0.4) is 0 Å². The number of nitrogens with zero attached hydrogens (tertiary/aromatic N) is 2. The molecule has 1 aromatic carbocycles. The minimum absolute atomic E-state index is 0.565. The van der Waals surface area contributed by atoms with Gasteiger partial charge in [-0.3, -0.25) is 0 Å². The van der Waals surface area contributed by atoms with E-state index in [-0.39, 0.29) is 0 Å². The molecule has 0 spiro atoms. The Morgan fingerprint density at radius 2 is 2.10 bits per heavy atom. The molecule has 108 valence electrons. The summed E-state index contributed by atoms with van der Waals surface area (Å²) in [4.78, 5) is 0. The summed E-state index contributed by atoms with van der Waals surface area (Å²) in [5.74, 6) is 1.53. The van der Waals surface area contributed by atoms with E-state index in [4.69, 9.17) is 9.47 Å². The molecule has 4 heteroatoms. The maximum absolute atomic E-state index is 5.71. The van der Waals surface area contributed by atoms with Crippen LogP contribution in [0.2, 0.25) is 0 Å². The second-order valence-electron chi connectivity index (χ2n) is 4.08. The van der Waals surface area contributed by atoms with Crippen molar-refractivity contribution < 1.29 is 9.47 Å². The highest BCUT2D eigenvalue weighted by atomic mass is 16.5. The van der Waals surface area contributed by atoms with Crippen LogP contribution < -0.4 is 4.74 Å². The van der Waals surface area contributed by atoms with Crippen molar-refractivity contribution in [2.45, 2.75) is 13.3 Å². The molecule has 0 fully saturated rings. The van der Waals surface area contributed by atoms with Crippen LogP contribution in [0, 0.1) is 0 Å². The molecule has 0 amide bonds. The second kappa shape index (κ2) is 8.80. The molecule has 0 aliphatic carbocycles. The monoisotopic (exact) mass is 274 g/mol. The summed E-state index contributed by atoms with van der Waals surface area (Å²) in [7, 11) is 1.79. The highest BCUT2D eigenvalue weighted by molar-refractivity contribution is 5.55. The van der Waals surface area contributed by atoms with E-state index in [1.54, 1.807) is 18.1 Å². The molecule has 0 aliphatic rings. The lowest BCUT2D eigenvalue weighted by atomic mass is 10.2. The van der Waals surface area contributed by atoms with Crippen LogP contribution in [-0.2, 0) is 4.74 Å². The minimum Gasteiger partial charge on any atom is -0.493 e. The highest BCUT2D eigenvalue weighted by Crippen LogP contribution is 2.18. The highest BCUT2D eigenvalue weighted by Gasteiger charge is 2.02. The lowest BCUT2D eigenvalue weighted by molar-refractivity contribution is 0.117. The second-order valence-corrected chi connectivity index (χ2v) is 4.08. The van der Waals surface area contributed by atoms with E-state index in [1.807, 2.05) is 37.3 Å². The van der Waals surface area contributed by atoms with Crippen molar-refractivity contribution in [3.05, 3.63) is 48.4 Å². The molecule has 1 aromatic rings. The maximum Gasteiger partial charge on any atom is 0.205 e. The van der Waals surface area contributed by atoms with E-state index in [2.05, 4.69) is 18.4 Å². The normalized spacial score (nSPS) is 10.8. The Kier molecular flexibility index (Phi) is 6.96. The van der Waals surface area contributed by atoms with Gasteiger partial charge in [-0.25, -0.2) is 5.01 Å². The van der Waals surface area contributed by atoms with E-state index in [1.165, 1.54) is 0 Å². The number of benzene rings is 1. The molecule has 0 saturated carbocycles. The summed E-state index contributed by atoms with van der Waals surface area (Å²) >= 11 is 0. The molecule has 0 heterocycles. The first-order valence-electron chi connectivity index (χ1n) is 6.56. The van der Waals surface area contributed by atoms with Gasteiger partial charge in [0, 0.05) is 25.7 Å². The first kappa shape index (κ1) is 15.8. The average Bonchev–Trinajstić information content (AvgIpc) is 2.50. The van der Waals surface area contributed by atoms with Crippen molar-refractivity contribution in [1.82, 2.24) is 5.01 Å². The Labute approximate surface area is 121 Å². The third-order valence-corrected chi connectivity index (χ3v) is 2.71. The molecular weight excluding hydrogens is 252 g/mol. The third-order valence-electron chi connectivity index (χ3n) is 2.71. The summed E-state index contributed by atoms with van der Waals surface area (Å²) in [6.07, 6.45) is 4.42. The van der Waals surface area contributed by atoms with Gasteiger partial charge in [0.15, 0.2) is 0 Å². The van der Waals surface area contributed by atoms with Crippen LogP contribution in [0.15, 0.2) is 47.9 Å². The van der Waals surface area contributed by atoms with Crippen molar-refractivity contribution in [3.8, 4) is 5.75 Å². The van der Waals surface area contributed by atoms with E-state index in [9.17, 15) is 0 Å². The zero-order valence-electron chi connectivity index (χ0n) is 12.2. The van der Waals surface area contributed by atoms with Crippen LogP contribution in [0.25, 0.3) is 6.08 Å². The zero-order valence-corrected chi connectivity index (χ0v) is 12.2. The summed E-state index contributed by atoms with van der Waals surface area (Å²) in [6.45, 7) is 10.3. The Balaban J connectivity index is 2.32. The van der Waals surface area contributed by atoms with Crippen molar-refractivity contribution in [2.24, 2.45) is 5.10 Å². The number of allylic oxidation sites excluding steroid dienone is 1. The van der Waals surface area contributed by atoms with Crippen LogP contribution in [-0.4, -0.2) is 32.0 Å². The first-order valence-corrected chi connectivity index (χ1v) is 6.56. The van der Waals surface area contributed by atoms with Gasteiger partial charge >= 0.3 is 0 Å². The van der Waals surface area contributed by atoms with Gasteiger partial charge in [-0.05, 0) is 19.1 Å². The predicted molar refractivity (Wildman–Crippen MR) is 83.7 cm³/mol. The first-order chi connectivity index (χ1) is 9.72. The van der Waals surface area contributed by atoms with E-state index in [0.717, 1.165) is 17.7 Å². The summed E-state index contributed by atoms with van der Waals surface area (Å²) in [5, 5.41) is 5.37. The number of rotatable bonds is 9. The topological polar surface area (TPSA) is 34.1 Å². The molecule has 0 atom stereocenters. The third kappa shape index (κ3) is 4.80. The largest absolute Gasteiger partial charge is 0.493 e. The molecule has 0 bridgehead atoms. The molecule has 0 saturated heterocycles. The van der Waals surface area contributed by atoms with E-state index >= 15 is 0 Å². The van der Waals surface area contributed by atoms with Gasteiger partial charge in [-0.2, -0.15) is 5.10 Å². The summed E-state index contributed by atoms with van der Waals surface area (Å²) in [6, 6.07) is 7.82. The summed E-state index contributed by atoms with van der Waals surface area (Å²) < 4.78 is 11.3. The molecule has 0 radical (unpaired) electrons. The Morgan fingerprint density at radius 3 is 2.75 bits per heavy atom.